The number of benzene rings is 2. The van der Waals surface area contributed by atoms with Crippen molar-refractivity contribution in [1.82, 2.24) is 14.9 Å². The lowest BCUT2D eigenvalue weighted by atomic mass is 10.2. The molecule has 26 heavy (non-hydrogen) atoms. The molecule has 2 aromatic carbocycles. The quantitative estimate of drug-likeness (QED) is 0.644. The highest BCUT2D eigenvalue weighted by Crippen LogP contribution is 2.29. The fraction of sp³-hybridized carbons (Fsp3) is 0.263. The summed E-state index contributed by atoms with van der Waals surface area (Å²) in [7, 11) is 3.25. The summed E-state index contributed by atoms with van der Waals surface area (Å²) < 4.78 is 12.3. The standard InChI is InChI=1S/C19H20ClN3O3/c1-25-9-3-8-21-19(24)13-4-6-16-15(10-13)22-12-23(16)17-11-14(20)5-7-18(17)26-2/h4-7,10-12H,3,8-9H2,1-2H3,(H,21,24). The highest BCUT2D eigenvalue weighted by atomic mass is 35.5. The zero-order valence-electron chi connectivity index (χ0n) is 14.7. The van der Waals surface area contributed by atoms with Crippen molar-refractivity contribution in [1.29, 1.82) is 0 Å². The number of hydrogen-bond acceptors (Lipinski definition) is 4. The average molecular weight is 374 g/mol. The molecule has 0 aliphatic carbocycles. The lowest BCUT2D eigenvalue weighted by Gasteiger charge is -2.11. The molecule has 6 nitrogen and oxygen atoms in total. The van der Waals surface area contributed by atoms with Gasteiger partial charge in [-0.2, -0.15) is 0 Å². The third kappa shape index (κ3) is 3.81. The van der Waals surface area contributed by atoms with Gasteiger partial charge in [0.1, 0.15) is 12.1 Å². The van der Waals surface area contributed by atoms with Gasteiger partial charge in [-0.3, -0.25) is 9.36 Å². The fourth-order valence-corrected chi connectivity index (χ4v) is 2.88. The third-order valence-corrected chi connectivity index (χ3v) is 4.26. The van der Waals surface area contributed by atoms with E-state index in [1.807, 2.05) is 22.8 Å². The number of methoxy groups -OCH3 is 2. The van der Waals surface area contributed by atoms with Gasteiger partial charge in [0.2, 0.25) is 0 Å². The van der Waals surface area contributed by atoms with Crippen LogP contribution in [-0.2, 0) is 4.74 Å². The number of fused-ring (bicyclic) bond motifs is 1. The summed E-state index contributed by atoms with van der Waals surface area (Å²) in [6.07, 6.45) is 2.47. The van der Waals surface area contributed by atoms with E-state index in [0.29, 0.717) is 29.5 Å². The molecule has 1 aromatic heterocycles. The third-order valence-electron chi connectivity index (χ3n) is 4.02. The molecule has 0 saturated heterocycles. The molecule has 1 amide bonds. The maximum Gasteiger partial charge on any atom is 0.251 e. The first-order valence-electron chi connectivity index (χ1n) is 8.22. The SMILES string of the molecule is COCCCNC(=O)c1ccc2c(c1)ncn2-c1cc(Cl)ccc1OC. The summed E-state index contributed by atoms with van der Waals surface area (Å²) in [5, 5.41) is 3.48. The van der Waals surface area contributed by atoms with E-state index in [2.05, 4.69) is 10.3 Å². The van der Waals surface area contributed by atoms with Gasteiger partial charge in [-0.25, -0.2) is 4.98 Å². The fourth-order valence-electron chi connectivity index (χ4n) is 2.72. The van der Waals surface area contributed by atoms with E-state index in [4.69, 9.17) is 21.1 Å². The molecule has 0 spiro atoms. The van der Waals surface area contributed by atoms with Crippen LogP contribution in [0.15, 0.2) is 42.7 Å². The Morgan fingerprint density at radius 1 is 1.23 bits per heavy atom. The predicted octanol–water partition coefficient (Wildman–Crippen LogP) is 3.45. The normalized spacial score (nSPS) is 10.9. The maximum absolute atomic E-state index is 12.2. The molecule has 1 N–H and O–H groups in total. The van der Waals surface area contributed by atoms with Crippen LogP contribution in [0, 0.1) is 0 Å². The van der Waals surface area contributed by atoms with Crippen molar-refractivity contribution in [2.24, 2.45) is 0 Å². The van der Waals surface area contributed by atoms with Gasteiger partial charge in [0.05, 0.1) is 23.8 Å². The van der Waals surface area contributed by atoms with Crippen LogP contribution in [0.5, 0.6) is 5.75 Å². The van der Waals surface area contributed by atoms with Crippen LogP contribution in [0.1, 0.15) is 16.8 Å². The van der Waals surface area contributed by atoms with Gasteiger partial charge in [-0.1, -0.05) is 11.6 Å². The smallest absolute Gasteiger partial charge is 0.251 e. The number of nitrogens with zero attached hydrogens (tertiary/aromatic N) is 2. The van der Waals surface area contributed by atoms with Gasteiger partial charge in [0.25, 0.3) is 5.91 Å². The molecule has 3 rings (SSSR count). The predicted molar refractivity (Wildman–Crippen MR) is 101 cm³/mol. The Morgan fingerprint density at radius 3 is 2.85 bits per heavy atom. The zero-order valence-corrected chi connectivity index (χ0v) is 15.4. The lowest BCUT2D eigenvalue weighted by Crippen LogP contribution is -2.25. The van der Waals surface area contributed by atoms with Crippen LogP contribution in [0.4, 0.5) is 0 Å². The Kier molecular flexibility index (Phi) is 5.75. The molecule has 0 radical (unpaired) electrons. The number of carbonyl (C=O) groups is 1. The molecule has 0 unspecified atom stereocenters. The summed E-state index contributed by atoms with van der Waals surface area (Å²) in [6, 6.07) is 10.8. The number of carbonyl (C=O) groups excluding carboxylic acids is 1. The van der Waals surface area contributed by atoms with Gasteiger partial charge in [0.15, 0.2) is 0 Å². The van der Waals surface area contributed by atoms with Crippen LogP contribution >= 0.6 is 11.6 Å². The molecule has 0 aliphatic rings. The van der Waals surface area contributed by atoms with Crippen LogP contribution in [0.3, 0.4) is 0 Å². The van der Waals surface area contributed by atoms with E-state index in [1.165, 1.54) is 0 Å². The Hall–Kier alpha value is -2.57. The molecular weight excluding hydrogens is 354 g/mol. The minimum atomic E-state index is -0.127. The number of ether oxygens (including phenoxy) is 2. The molecular formula is C19H20ClN3O3. The summed E-state index contributed by atoms with van der Waals surface area (Å²) in [5.74, 6) is 0.562. The summed E-state index contributed by atoms with van der Waals surface area (Å²) in [4.78, 5) is 16.7. The molecule has 0 atom stereocenters. The maximum atomic E-state index is 12.2. The lowest BCUT2D eigenvalue weighted by molar-refractivity contribution is 0.0948. The van der Waals surface area contributed by atoms with Crippen molar-refractivity contribution in [3.63, 3.8) is 0 Å². The van der Waals surface area contributed by atoms with E-state index in [9.17, 15) is 4.79 Å². The monoisotopic (exact) mass is 373 g/mol. The zero-order chi connectivity index (χ0) is 18.5. The summed E-state index contributed by atoms with van der Waals surface area (Å²) >= 11 is 6.13. The number of imidazole rings is 1. The van der Waals surface area contributed by atoms with Crippen molar-refractivity contribution in [2.45, 2.75) is 6.42 Å². The number of halogens is 1. The minimum Gasteiger partial charge on any atom is -0.495 e. The first-order chi connectivity index (χ1) is 12.6. The highest BCUT2D eigenvalue weighted by Gasteiger charge is 2.13. The molecule has 3 aromatic rings. The molecule has 7 heteroatoms. The number of hydrogen-bond donors (Lipinski definition) is 1. The first-order valence-corrected chi connectivity index (χ1v) is 8.60. The molecule has 0 fully saturated rings. The van der Waals surface area contributed by atoms with E-state index >= 15 is 0 Å². The van der Waals surface area contributed by atoms with E-state index in [1.54, 1.807) is 38.7 Å². The second-order valence-electron chi connectivity index (χ2n) is 5.74. The Bertz CT molecular complexity index is 924. The molecule has 136 valence electrons. The molecule has 1 heterocycles. The summed E-state index contributed by atoms with van der Waals surface area (Å²) in [5.41, 5.74) is 2.94. The van der Waals surface area contributed by atoms with E-state index < -0.39 is 0 Å². The van der Waals surface area contributed by atoms with Gasteiger partial charge < -0.3 is 14.8 Å². The van der Waals surface area contributed by atoms with Crippen molar-refractivity contribution >= 4 is 28.5 Å². The Labute approximate surface area is 156 Å². The minimum absolute atomic E-state index is 0.127. The molecule has 0 bridgehead atoms. The summed E-state index contributed by atoms with van der Waals surface area (Å²) in [6.45, 7) is 1.18. The Morgan fingerprint density at radius 2 is 2.08 bits per heavy atom. The van der Waals surface area contributed by atoms with Crippen LogP contribution in [0.2, 0.25) is 5.02 Å². The van der Waals surface area contributed by atoms with Crippen LogP contribution < -0.4 is 10.1 Å². The number of aromatic nitrogens is 2. The highest BCUT2D eigenvalue weighted by molar-refractivity contribution is 6.30. The van der Waals surface area contributed by atoms with Crippen molar-refractivity contribution in [3.8, 4) is 11.4 Å². The number of amides is 1. The number of nitrogens with one attached hydrogen (secondary N) is 1. The van der Waals surface area contributed by atoms with Gasteiger partial charge >= 0.3 is 0 Å². The van der Waals surface area contributed by atoms with E-state index in [-0.39, 0.29) is 5.91 Å². The topological polar surface area (TPSA) is 65.4 Å². The first kappa shape index (κ1) is 18.2. The van der Waals surface area contributed by atoms with Crippen molar-refractivity contribution < 1.29 is 14.3 Å². The van der Waals surface area contributed by atoms with Gasteiger partial charge in [-0.15, -0.1) is 0 Å². The average Bonchev–Trinajstić information content (AvgIpc) is 3.08. The molecule has 0 saturated carbocycles. The van der Waals surface area contributed by atoms with Gasteiger partial charge in [0, 0.05) is 30.8 Å². The van der Waals surface area contributed by atoms with Crippen molar-refractivity contribution in [3.05, 3.63) is 53.3 Å². The van der Waals surface area contributed by atoms with Crippen LogP contribution in [0.25, 0.3) is 16.7 Å². The second kappa shape index (κ2) is 8.21. The second-order valence-corrected chi connectivity index (χ2v) is 6.17. The van der Waals surface area contributed by atoms with Gasteiger partial charge in [-0.05, 0) is 42.8 Å². The van der Waals surface area contributed by atoms with E-state index in [0.717, 1.165) is 23.1 Å². The van der Waals surface area contributed by atoms with Crippen molar-refractivity contribution in [2.75, 3.05) is 27.4 Å². The number of rotatable bonds is 7. The molecule has 0 aliphatic heterocycles. The van der Waals surface area contributed by atoms with Crippen LogP contribution in [-0.4, -0.2) is 42.8 Å². The Balaban J connectivity index is 1.88. The largest absolute Gasteiger partial charge is 0.495 e.